The molecular formula is C13H11ClN4OS. The van der Waals surface area contributed by atoms with Gasteiger partial charge in [-0.1, -0.05) is 35.1 Å². The van der Waals surface area contributed by atoms with Gasteiger partial charge in [0.25, 0.3) is 5.91 Å². The molecule has 0 unspecified atom stereocenters. The first-order valence-corrected chi connectivity index (χ1v) is 7.29. The van der Waals surface area contributed by atoms with Crippen molar-refractivity contribution in [3.05, 3.63) is 52.3 Å². The molecule has 0 saturated heterocycles. The lowest BCUT2D eigenvalue weighted by molar-refractivity contribution is 0.0949. The van der Waals surface area contributed by atoms with Gasteiger partial charge in [-0.05, 0) is 24.1 Å². The Hall–Kier alpha value is -1.92. The van der Waals surface area contributed by atoms with Crippen LogP contribution in [0.25, 0.3) is 4.96 Å². The van der Waals surface area contributed by atoms with Crippen LogP contribution >= 0.6 is 22.9 Å². The quantitative estimate of drug-likeness (QED) is 0.805. The van der Waals surface area contributed by atoms with Crippen LogP contribution in [0.3, 0.4) is 0 Å². The Bertz CT molecular complexity index is 706. The summed E-state index contributed by atoms with van der Waals surface area (Å²) < 4.78 is 1.60. The fraction of sp³-hybridized carbons (Fsp3) is 0.154. The van der Waals surface area contributed by atoms with Crippen molar-refractivity contribution in [3.63, 3.8) is 0 Å². The number of carbonyl (C=O) groups excluding carboxylic acids is 1. The van der Waals surface area contributed by atoms with Gasteiger partial charge in [-0.3, -0.25) is 4.79 Å². The number of benzene rings is 1. The number of nitrogens with one attached hydrogen (secondary N) is 1. The number of hydrogen-bond acceptors (Lipinski definition) is 4. The molecule has 1 N–H and O–H groups in total. The summed E-state index contributed by atoms with van der Waals surface area (Å²) in [5.74, 6) is -0.184. The SMILES string of the molecule is O=C(NCCc1ccc(Cl)cc1)c1cn2ncsc2n1. The number of aromatic nitrogens is 3. The number of hydrogen-bond donors (Lipinski definition) is 1. The second-order valence-corrected chi connectivity index (χ2v) is 5.47. The molecule has 3 rings (SSSR count). The summed E-state index contributed by atoms with van der Waals surface area (Å²) in [7, 11) is 0. The van der Waals surface area contributed by atoms with Crippen LogP contribution in [-0.2, 0) is 6.42 Å². The largest absolute Gasteiger partial charge is 0.350 e. The van der Waals surface area contributed by atoms with E-state index in [9.17, 15) is 4.79 Å². The molecule has 0 aliphatic rings. The van der Waals surface area contributed by atoms with E-state index in [1.54, 1.807) is 16.2 Å². The molecule has 102 valence electrons. The maximum Gasteiger partial charge on any atom is 0.271 e. The van der Waals surface area contributed by atoms with E-state index in [2.05, 4.69) is 15.4 Å². The first-order chi connectivity index (χ1) is 9.72. The van der Waals surface area contributed by atoms with Crippen LogP contribution in [0.5, 0.6) is 0 Å². The van der Waals surface area contributed by atoms with E-state index >= 15 is 0 Å². The Kier molecular flexibility index (Phi) is 3.66. The Morgan fingerprint density at radius 3 is 2.90 bits per heavy atom. The number of nitrogens with zero attached hydrogens (tertiary/aromatic N) is 3. The van der Waals surface area contributed by atoms with Gasteiger partial charge in [0, 0.05) is 11.6 Å². The maximum absolute atomic E-state index is 11.9. The summed E-state index contributed by atoms with van der Waals surface area (Å²) in [6.07, 6.45) is 2.38. The van der Waals surface area contributed by atoms with Crippen LogP contribution < -0.4 is 5.32 Å². The second kappa shape index (κ2) is 5.60. The van der Waals surface area contributed by atoms with Gasteiger partial charge in [-0.25, -0.2) is 9.50 Å². The number of halogens is 1. The molecule has 0 fully saturated rings. The highest BCUT2D eigenvalue weighted by atomic mass is 35.5. The third kappa shape index (κ3) is 2.81. The molecule has 20 heavy (non-hydrogen) atoms. The second-order valence-electron chi connectivity index (χ2n) is 4.22. The van der Waals surface area contributed by atoms with E-state index in [4.69, 9.17) is 11.6 Å². The molecule has 0 radical (unpaired) electrons. The van der Waals surface area contributed by atoms with Crippen LogP contribution in [0.4, 0.5) is 0 Å². The molecule has 0 saturated carbocycles. The van der Waals surface area contributed by atoms with Crippen molar-refractivity contribution in [2.24, 2.45) is 0 Å². The summed E-state index contributed by atoms with van der Waals surface area (Å²) >= 11 is 7.21. The molecule has 0 atom stereocenters. The number of carbonyl (C=O) groups is 1. The molecule has 0 spiro atoms. The van der Waals surface area contributed by atoms with Gasteiger partial charge in [0.1, 0.15) is 11.2 Å². The minimum atomic E-state index is -0.184. The summed E-state index contributed by atoms with van der Waals surface area (Å²) in [6.45, 7) is 0.555. The van der Waals surface area contributed by atoms with Gasteiger partial charge in [0.15, 0.2) is 0 Å². The zero-order valence-corrected chi connectivity index (χ0v) is 12.0. The first kappa shape index (κ1) is 13.1. The lowest BCUT2D eigenvalue weighted by Gasteiger charge is -2.03. The predicted octanol–water partition coefficient (Wildman–Crippen LogP) is 2.42. The molecular weight excluding hydrogens is 296 g/mol. The molecule has 1 amide bonds. The highest BCUT2D eigenvalue weighted by molar-refractivity contribution is 7.14. The van der Waals surface area contributed by atoms with Crippen LogP contribution in [0.2, 0.25) is 5.02 Å². The Labute approximate surface area is 124 Å². The van der Waals surface area contributed by atoms with Gasteiger partial charge >= 0.3 is 0 Å². The fourth-order valence-corrected chi connectivity index (χ4v) is 2.54. The van der Waals surface area contributed by atoms with Crippen LogP contribution in [0.15, 0.2) is 36.0 Å². The van der Waals surface area contributed by atoms with Gasteiger partial charge in [-0.2, -0.15) is 5.10 Å². The van der Waals surface area contributed by atoms with Gasteiger partial charge in [0.05, 0.1) is 6.20 Å². The number of amides is 1. The van der Waals surface area contributed by atoms with Gasteiger partial charge < -0.3 is 5.32 Å². The Balaban J connectivity index is 1.56. The monoisotopic (exact) mass is 306 g/mol. The van der Waals surface area contributed by atoms with Crippen LogP contribution in [0, 0.1) is 0 Å². The molecule has 0 aliphatic heterocycles. The molecule has 0 bridgehead atoms. The van der Waals surface area contributed by atoms with Crippen molar-refractivity contribution >= 4 is 33.8 Å². The highest BCUT2D eigenvalue weighted by Crippen LogP contribution is 2.10. The van der Waals surface area contributed by atoms with Crippen molar-refractivity contribution < 1.29 is 4.79 Å². The van der Waals surface area contributed by atoms with E-state index in [0.717, 1.165) is 12.0 Å². The Morgan fingerprint density at radius 1 is 1.35 bits per heavy atom. The van der Waals surface area contributed by atoms with Crippen molar-refractivity contribution in [2.45, 2.75) is 6.42 Å². The zero-order chi connectivity index (χ0) is 13.9. The summed E-state index contributed by atoms with van der Waals surface area (Å²) in [4.78, 5) is 16.8. The number of imidazole rings is 1. The normalized spacial score (nSPS) is 10.8. The average Bonchev–Trinajstić information content (AvgIpc) is 3.02. The molecule has 0 aliphatic carbocycles. The van der Waals surface area contributed by atoms with E-state index in [0.29, 0.717) is 22.2 Å². The summed E-state index contributed by atoms with van der Waals surface area (Å²) in [6, 6.07) is 7.58. The molecule has 2 heterocycles. The molecule has 2 aromatic heterocycles. The van der Waals surface area contributed by atoms with E-state index in [1.165, 1.54) is 11.3 Å². The molecule has 3 aromatic rings. The third-order valence-electron chi connectivity index (χ3n) is 2.83. The molecule has 7 heteroatoms. The zero-order valence-electron chi connectivity index (χ0n) is 10.4. The fourth-order valence-electron chi connectivity index (χ4n) is 1.81. The summed E-state index contributed by atoms with van der Waals surface area (Å²) in [5, 5.41) is 7.59. The van der Waals surface area contributed by atoms with Crippen molar-refractivity contribution in [3.8, 4) is 0 Å². The average molecular weight is 307 g/mol. The van der Waals surface area contributed by atoms with Gasteiger partial charge in [0.2, 0.25) is 4.96 Å². The molecule has 5 nitrogen and oxygen atoms in total. The van der Waals surface area contributed by atoms with E-state index in [1.807, 2.05) is 24.3 Å². The smallest absolute Gasteiger partial charge is 0.271 e. The van der Waals surface area contributed by atoms with Crippen molar-refractivity contribution in [1.29, 1.82) is 0 Å². The Morgan fingerprint density at radius 2 is 2.15 bits per heavy atom. The summed E-state index contributed by atoms with van der Waals surface area (Å²) in [5.41, 5.74) is 3.20. The van der Waals surface area contributed by atoms with Crippen molar-refractivity contribution in [2.75, 3.05) is 6.54 Å². The van der Waals surface area contributed by atoms with Crippen molar-refractivity contribution in [1.82, 2.24) is 19.9 Å². The lowest BCUT2D eigenvalue weighted by Crippen LogP contribution is -2.25. The van der Waals surface area contributed by atoms with E-state index in [-0.39, 0.29) is 5.91 Å². The molecule has 1 aromatic carbocycles. The topological polar surface area (TPSA) is 59.3 Å². The van der Waals surface area contributed by atoms with Gasteiger partial charge in [-0.15, -0.1) is 0 Å². The third-order valence-corrected chi connectivity index (χ3v) is 3.77. The standard InChI is InChI=1S/C13H11ClN4OS/c14-10-3-1-9(2-4-10)5-6-15-12(19)11-7-18-13(17-11)20-8-16-18/h1-4,7-8H,5-6H2,(H,15,19). The number of fused-ring (bicyclic) bond motifs is 1. The van der Waals surface area contributed by atoms with Crippen LogP contribution in [-0.4, -0.2) is 27.0 Å². The number of rotatable bonds is 4. The highest BCUT2D eigenvalue weighted by Gasteiger charge is 2.11. The lowest BCUT2D eigenvalue weighted by atomic mass is 10.1. The maximum atomic E-state index is 11.9. The van der Waals surface area contributed by atoms with Crippen LogP contribution in [0.1, 0.15) is 16.1 Å². The van der Waals surface area contributed by atoms with E-state index < -0.39 is 0 Å². The predicted molar refractivity (Wildman–Crippen MR) is 78.4 cm³/mol. The minimum Gasteiger partial charge on any atom is -0.350 e. The minimum absolute atomic E-state index is 0.184. The first-order valence-electron chi connectivity index (χ1n) is 6.04.